The van der Waals surface area contributed by atoms with Gasteiger partial charge in [0.05, 0.1) is 6.54 Å². The Morgan fingerprint density at radius 3 is 2.22 bits per heavy atom. The van der Waals surface area contributed by atoms with E-state index in [-0.39, 0.29) is 12.3 Å². The zero-order chi connectivity index (χ0) is 13.6. The third-order valence-corrected chi connectivity index (χ3v) is 3.63. The van der Waals surface area contributed by atoms with E-state index in [0.717, 1.165) is 0 Å². The quantitative estimate of drug-likeness (QED) is 0.816. The van der Waals surface area contributed by atoms with Crippen LogP contribution in [0.15, 0.2) is 18.2 Å². The number of carbonyl (C=O) groups is 1. The van der Waals surface area contributed by atoms with E-state index in [0.29, 0.717) is 17.1 Å². The number of nitrogens with two attached hydrogens (primary N) is 1. The van der Waals surface area contributed by atoms with Crippen LogP contribution in [0, 0.1) is 0 Å². The highest BCUT2D eigenvalue weighted by Crippen LogP contribution is 2.43. The molecule has 2 rings (SSSR count). The molecule has 0 atom stereocenters. The van der Waals surface area contributed by atoms with E-state index in [2.05, 4.69) is 0 Å². The summed E-state index contributed by atoms with van der Waals surface area (Å²) in [6.07, 6.45) is 0. The maximum Gasteiger partial charge on any atom is 0.176 e. The monoisotopic (exact) mass is 249 g/mol. The summed E-state index contributed by atoms with van der Waals surface area (Å²) in [4.78, 5) is 11.6. The Hall–Kier alpha value is -1.55. The lowest BCUT2D eigenvalue weighted by Crippen LogP contribution is -2.56. The summed E-state index contributed by atoms with van der Waals surface area (Å²) in [6, 6.07) is 5.17. The molecule has 1 aliphatic rings. The summed E-state index contributed by atoms with van der Waals surface area (Å²) in [5.74, 6) is 1.15. The fraction of sp³-hybridized carbons (Fsp3) is 0.500. The Bertz CT molecular complexity index is 492. The van der Waals surface area contributed by atoms with Gasteiger partial charge >= 0.3 is 0 Å². The topological polar surface area (TPSA) is 61.5 Å². The van der Waals surface area contributed by atoms with Crippen molar-refractivity contribution >= 4 is 5.78 Å². The van der Waals surface area contributed by atoms with Crippen molar-refractivity contribution in [1.82, 2.24) is 0 Å². The van der Waals surface area contributed by atoms with E-state index in [9.17, 15) is 4.79 Å². The van der Waals surface area contributed by atoms with Crippen LogP contribution in [0.1, 0.15) is 38.1 Å². The fourth-order valence-electron chi connectivity index (χ4n) is 1.76. The summed E-state index contributed by atoms with van der Waals surface area (Å²) in [5.41, 5.74) is 5.01. The molecule has 0 bridgehead atoms. The van der Waals surface area contributed by atoms with Gasteiger partial charge in [-0.15, -0.1) is 0 Å². The predicted molar refractivity (Wildman–Crippen MR) is 69.2 cm³/mol. The van der Waals surface area contributed by atoms with E-state index in [4.69, 9.17) is 15.2 Å². The van der Waals surface area contributed by atoms with Gasteiger partial charge in [-0.05, 0) is 45.9 Å². The van der Waals surface area contributed by atoms with Gasteiger partial charge < -0.3 is 15.2 Å². The maximum absolute atomic E-state index is 11.6. The largest absolute Gasteiger partial charge is 0.480 e. The highest BCUT2D eigenvalue weighted by Gasteiger charge is 2.45. The van der Waals surface area contributed by atoms with Crippen molar-refractivity contribution in [3.63, 3.8) is 0 Å². The second-order valence-electron chi connectivity index (χ2n) is 5.51. The molecule has 1 aliphatic heterocycles. The lowest BCUT2D eigenvalue weighted by atomic mass is 9.87. The SMILES string of the molecule is CC1(C)Oc2ccc(C(=O)CN)cc2OC1(C)C. The molecule has 0 aliphatic carbocycles. The summed E-state index contributed by atoms with van der Waals surface area (Å²) < 4.78 is 11.9. The van der Waals surface area contributed by atoms with E-state index in [1.165, 1.54) is 0 Å². The zero-order valence-corrected chi connectivity index (χ0v) is 11.2. The molecule has 0 amide bonds. The lowest BCUT2D eigenvalue weighted by molar-refractivity contribution is -0.0991. The van der Waals surface area contributed by atoms with Crippen LogP contribution in [-0.4, -0.2) is 23.5 Å². The van der Waals surface area contributed by atoms with Crippen LogP contribution in [0.4, 0.5) is 0 Å². The Balaban J connectivity index is 2.42. The lowest BCUT2D eigenvalue weighted by Gasteiger charge is -2.45. The molecule has 1 heterocycles. The number of rotatable bonds is 2. The number of ketones is 1. The Kier molecular flexibility index (Phi) is 2.86. The average Bonchev–Trinajstić information content (AvgIpc) is 2.28. The summed E-state index contributed by atoms with van der Waals surface area (Å²) in [5, 5.41) is 0. The van der Waals surface area contributed by atoms with Gasteiger partial charge in [-0.1, -0.05) is 0 Å². The first kappa shape index (κ1) is 12.9. The molecule has 1 aromatic carbocycles. The van der Waals surface area contributed by atoms with Crippen molar-refractivity contribution in [2.24, 2.45) is 5.73 Å². The Morgan fingerprint density at radius 2 is 1.67 bits per heavy atom. The van der Waals surface area contributed by atoms with Crippen LogP contribution in [0.25, 0.3) is 0 Å². The van der Waals surface area contributed by atoms with Crippen molar-refractivity contribution in [2.45, 2.75) is 38.9 Å². The molecule has 98 valence electrons. The molecule has 0 unspecified atom stereocenters. The van der Waals surface area contributed by atoms with E-state index in [1.807, 2.05) is 27.7 Å². The molecule has 0 aromatic heterocycles. The van der Waals surface area contributed by atoms with Crippen LogP contribution in [-0.2, 0) is 0 Å². The van der Waals surface area contributed by atoms with Gasteiger partial charge in [0, 0.05) is 5.56 Å². The first-order valence-corrected chi connectivity index (χ1v) is 6.02. The van der Waals surface area contributed by atoms with E-state index in [1.54, 1.807) is 18.2 Å². The van der Waals surface area contributed by atoms with Crippen molar-refractivity contribution in [2.75, 3.05) is 6.54 Å². The third-order valence-electron chi connectivity index (χ3n) is 3.63. The normalized spacial score (nSPS) is 19.4. The first-order chi connectivity index (χ1) is 8.27. The third kappa shape index (κ3) is 1.97. The molecule has 1 aromatic rings. The predicted octanol–water partition coefficient (Wildman–Crippen LogP) is 2.16. The van der Waals surface area contributed by atoms with Crippen LogP contribution < -0.4 is 15.2 Å². The van der Waals surface area contributed by atoms with Crippen LogP contribution >= 0.6 is 0 Å². The highest BCUT2D eigenvalue weighted by molar-refractivity contribution is 5.98. The second-order valence-corrected chi connectivity index (χ2v) is 5.51. The molecule has 4 nitrogen and oxygen atoms in total. The fourth-order valence-corrected chi connectivity index (χ4v) is 1.76. The number of Topliss-reactive ketones (excluding diaryl/α,β-unsaturated/α-hetero) is 1. The van der Waals surface area contributed by atoms with Crippen LogP contribution in [0.5, 0.6) is 11.5 Å². The van der Waals surface area contributed by atoms with Gasteiger partial charge in [0.2, 0.25) is 0 Å². The molecule has 4 heteroatoms. The molecular weight excluding hydrogens is 230 g/mol. The number of ether oxygens (including phenoxy) is 2. The second kappa shape index (κ2) is 3.99. The van der Waals surface area contributed by atoms with Gasteiger partial charge in [0.1, 0.15) is 11.2 Å². The van der Waals surface area contributed by atoms with Crippen molar-refractivity contribution in [3.05, 3.63) is 23.8 Å². The summed E-state index contributed by atoms with van der Waals surface area (Å²) >= 11 is 0. The molecule has 2 N–H and O–H groups in total. The Morgan fingerprint density at radius 1 is 1.11 bits per heavy atom. The number of carbonyl (C=O) groups excluding carboxylic acids is 1. The van der Waals surface area contributed by atoms with E-state index >= 15 is 0 Å². The number of hydrogen-bond acceptors (Lipinski definition) is 4. The Labute approximate surface area is 107 Å². The number of hydrogen-bond donors (Lipinski definition) is 1. The molecule has 0 saturated heterocycles. The van der Waals surface area contributed by atoms with Gasteiger partial charge in [-0.25, -0.2) is 0 Å². The standard InChI is InChI=1S/C14H19NO3/c1-13(2)14(3,4)18-12-7-9(10(16)8-15)5-6-11(12)17-13/h5-7H,8,15H2,1-4H3. The van der Waals surface area contributed by atoms with E-state index < -0.39 is 11.2 Å². The van der Waals surface area contributed by atoms with Crippen molar-refractivity contribution < 1.29 is 14.3 Å². The van der Waals surface area contributed by atoms with Gasteiger partial charge in [-0.2, -0.15) is 0 Å². The molecule has 0 radical (unpaired) electrons. The molecule has 0 saturated carbocycles. The molecule has 0 spiro atoms. The smallest absolute Gasteiger partial charge is 0.176 e. The zero-order valence-electron chi connectivity index (χ0n) is 11.2. The number of fused-ring (bicyclic) bond motifs is 1. The molecule has 0 fully saturated rings. The molecule has 18 heavy (non-hydrogen) atoms. The van der Waals surface area contributed by atoms with Gasteiger partial charge in [0.15, 0.2) is 17.3 Å². The summed E-state index contributed by atoms with van der Waals surface area (Å²) in [7, 11) is 0. The van der Waals surface area contributed by atoms with Crippen molar-refractivity contribution in [1.29, 1.82) is 0 Å². The minimum Gasteiger partial charge on any atom is -0.480 e. The maximum atomic E-state index is 11.6. The highest BCUT2D eigenvalue weighted by atomic mass is 16.6. The van der Waals surface area contributed by atoms with Gasteiger partial charge in [0.25, 0.3) is 0 Å². The average molecular weight is 249 g/mol. The minimum absolute atomic E-state index is 0.00543. The van der Waals surface area contributed by atoms with Gasteiger partial charge in [-0.3, -0.25) is 4.79 Å². The van der Waals surface area contributed by atoms with Crippen molar-refractivity contribution in [3.8, 4) is 11.5 Å². The van der Waals surface area contributed by atoms with Crippen LogP contribution in [0.2, 0.25) is 0 Å². The van der Waals surface area contributed by atoms with Crippen LogP contribution in [0.3, 0.4) is 0 Å². The summed E-state index contributed by atoms with van der Waals surface area (Å²) in [6.45, 7) is 7.89. The minimum atomic E-state index is -0.468. The number of benzene rings is 1. The first-order valence-electron chi connectivity index (χ1n) is 6.02. The molecular formula is C14H19NO3.